The van der Waals surface area contributed by atoms with Gasteiger partial charge in [-0.3, -0.25) is 0 Å². The van der Waals surface area contributed by atoms with Crippen LogP contribution >= 0.6 is 11.6 Å². The van der Waals surface area contributed by atoms with Crippen molar-refractivity contribution in [2.75, 3.05) is 7.05 Å². The van der Waals surface area contributed by atoms with Crippen molar-refractivity contribution in [2.24, 2.45) is 0 Å². The molecule has 1 aromatic heterocycles. The highest BCUT2D eigenvalue weighted by Gasteiger charge is 2.17. The standard InChI is InChI=1S/C13H15ClFN3/c1-3-18-7-6-17-13(18)12(16-2)9-4-5-11(15)10(14)8-9/h4-8,12,16H,3H2,1-2H3. The van der Waals surface area contributed by atoms with E-state index < -0.39 is 5.82 Å². The number of halogens is 2. The fourth-order valence-corrected chi connectivity index (χ4v) is 2.17. The third-order valence-corrected chi connectivity index (χ3v) is 3.20. The van der Waals surface area contributed by atoms with Crippen LogP contribution in [0.15, 0.2) is 30.6 Å². The molecule has 0 fully saturated rings. The molecule has 1 atom stereocenters. The number of rotatable bonds is 4. The van der Waals surface area contributed by atoms with Gasteiger partial charge in [-0.2, -0.15) is 0 Å². The van der Waals surface area contributed by atoms with E-state index in [0.29, 0.717) is 0 Å². The molecule has 3 nitrogen and oxygen atoms in total. The van der Waals surface area contributed by atoms with Crippen LogP contribution in [0.25, 0.3) is 0 Å². The van der Waals surface area contributed by atoms with Crippen molar-refractivity contribution in [3.05, 3.63) is 52.8 Å². The zero-order chi connectivity index (χ0) is 13.1. The first kappa shape index (κ1) is 13.1. The molecule has 0 amide bonds. The second kappa shape index (κ2) is 5.50. The summed E-state index contributed by atoms with van der Waals surface area (Å²) in [5.74, 6) is 0.483. The Morgan fingerprint density at radius 1 is 1.50 bits per heavy atom. The number of imidazole rings is 1. The molecule has 0 aliphatic heterocycles. The topological polar surface area (TPSA) is 29.9 Å². The van der Waals surface area contributed by atoms with E-state index in [1.54, 1.807) is 18.3 Å². The van der Waals surface area contributed by atoms with E-state index in [9.17, 15) is 4.39 Å². The number of hydrogen-bond donors (Lipinski definition) is 1. The smallest absolute Gasteiger partial charge is 0.141 e. The van der Waals surface area contributed by atoms with Crippen molar-refractivity contribution in [3.63, 3.8) is 0 Å². The van der Waals surface area contributed by atoms with Gasteiger partial charge in [0, 0.05) is 18.9 Å². The van der Waals surface area contributed by atoms with Crippen LogP contribution < -0.4 is 5.32 Å². The quantitative estimate of drug-likeness (QED) is 0.923. The van der Waals surface area contributed by atoms with Gasteiger partial charge in [0.25, 0.3) is 0 Å². The minimum atomic E-state index is -0.408. The van der Waals surface area contributed by atoms with Gasteiger partial charge >= 0.3 is 0 Å². The molecule has 1 heterocycles. The Bertz CT molecular complexity index is 539. The highest BCUT2D eigenvalue weighted by molar-refractivity contribution is 6.30. The molecule has 18 heavy (non-hydrogen) atoms. The molecule has 2 rings (SSSR count). The van der Waals surface area contributed by atoms with Crippen molar-refractivity contribution in [2.45, 2.75) is 19.5 Å². The minimum Gasteiger partial charge on any atom is -0.334 e. The zero-order valence-corrected chi connectivity index (χ0v) is 11.1. The highest BCUT2D eigenvalue weighted by Crippen LogP contribution is 2.24. The number of nitrogens with one attached hydrogen (secondary N) is 1. The molecule has 1 aromatic carbocycles. The van der Waals surface area contributed by atoms with Gasteiger partial charge in [0.1, 0.15) is 11.6 Å². The van der Waals surface area contributed by atoms with Gasteiger partial charge in [-0.1, -0.05) is 17.7 Å². The number of hydrogen-bond acceptors (Lipinski definition) is 2. The van der Waals surface area contributed by atoms with Gasteiger partial charge in [0.15, 0.2) is 0 Å². The van der Waals surface area contributed by atoms with Crippen molar-refractivity contribution in [1.82, 2.24) is 14.9 Å². The lowest BCUT2D eigenvalue weighted by molar-refractivity contribution is 0.586. The Kier molecular flexibility index (Phi) is 3.99. The minimum absolute atomic E-state index is 0.0990. The Morgan fingerprint density at radius 3 is 2.89 bits per heavy atom. The SMILES string of the molecule is CCn1ccnc1C(NC)c1ccc(F)c(Cl)c1. The van der Waals surface area contributed by atoms with Crippen molar-refractivity contribution < 1.29 is 4.39 Å². The second-order valence-electron chi connectivity index (χ2n) is 3.97. The van der Waals surface area contributed by atoms with Crippen molar-refractivity contribution >= 4 is 11.6 Å². The van der Waals surface area contributed by atoms with Crippen LogP contribution in [0.4, 0.5) is 4.39 Å². The molecule has 2 aromatic rings. The van der Waals surface area contributed by atoms with Gasteiger partial charge in [-0.05, 0) is 31.7 Å². The van der Waals surface area contributed by atoms with Crippen LogP contribution in [0, 0.1) is 5.82 Å². The molecule has 0 saturated heterocycles. The maximum Gasteiger partial charge on any atom is 0.141 e. The van der Waals surface area contributed by atoms with E-state index >= 15 is 0 Å². The lowest BCUT2D eigenvalue weighted by Crippen LogP contribution is -2.21. The van der Waals surface area contributed by atoms with E-state index in [1.165, 1.54) is 6.07 Å². The number of benzene rings is 1. The van der Waals surface area contributed by atoms with Crippen LogP contribution in [-0.4, -0.2) is 16.6 Å². The second-order valence-corrected chi connectivity index (χ2v) is 4.37. The van der Waals surface area contributed by atoms with Crippen LogP contribution in [0.3, 0.4) is 0 Å². The van der Waals surface area contributed by atoms with Crippen LogP contribution in [-0.2, 0) is 6.54 Å². The summed E-state index contributed by atoms with van der Waals surface area (Å²) in [7, 11) is 1.84. The van der Waals surface area contributed by atoms with E-state index in [-0.39, 0.29) is 11.1 Å². The molecule has 5 heteroatoms. The first-order valence-corrected chi connectivity index (χ1v) is 6.18. The molecule has 1 unspecified atom stereocenters. The maximum atomic E-state index is 13.2. The van der Waals surface area contributed by atoms with Crippen LogP contribution in [0.5, 0.6) is 0 Å². The van der Waals surface area contributed by atoms with E-state index in [2.05, 4.69) is 17.2 Å². The molecule has 0 spiro atoms. The summed E-state index contributed by atoms with van der Waals surface area (Å²) >= 11 is 5.82. The average molecular weight is 268 g/mol. The van der Waals surface area contributed by atoms with E-state index in [4.69, 9.17) is 11.6 Å². The summed E-state index contributed by atoms with van der Waals surface area (Å²) in [6.45, 7) is 2.89. The Balaban J connectivity index is 2.42. The zero-order valence-electron chi connectivity index (χ0n) is 10.3. The summed E-state index contributed by atoms with van der Waals surface area (Å²) in [6, 6.07) is 4.63. The molecule has 1 N–H and O–H groups in total. The Hall–Kier alpha value is -1.39. The lowest BCUT2D eigenvalue weighted by atomic mass is 10.1. The van der Waals surface area contributed by atoms with Gasteiger partial charge in [0.05, 0.1) is 11.1 Å². The summed E-state index contributed by atoms with van der Waals surface area (Å²) in [5, 5.41) is 3.30. The third-order valence-electron chi connectivity index (χ3n) is 2.91. The summed E-state index contributed by atoms with van der Waals surface area (Å²) < 4.78 is 15.2. The summed E-state index contributed by atoms with van der Waals surface area (Å²) in [4.78, 5) is 4.35. The maximum absolute atomic E-state index is 13.2. The monoisotopic (exact) mass is 267 g/mol. The van der Waals surface area contributed by atoms with Gasteiger partial charge in [0.2, 0.25) is 0 Å². The van der Waals surface area contributed by atoms with Crippen LogP contribution in [0.1, 0.15) is 24.4 Å². The molecule has 0 aliphatic rings. The number of aromatic nitrogens is 2. The largest absolute Gasteiger partial charge is 0.334 e. The third kappa shape index (κ3) is 2.40. The molecular weight excluding hydrogens is 253 g/mol. The Labute approximate surface area is 111 Å². The predicted octanol–water partition coefficient (Wildman–Crippen LogP) is 3.00. The highest BCUT2D eigenvalue weighted by atomic mass is 35.5. The summed E-state index contributed by atoms with van der Waals surface area (Å²) in [5.41, 5.74) is 0.893. The fourth-order valence-electron chi connectivity index (χ4n) is 1.99. The summed E-state index contributed by atoms with van der Waals surface area (Å²) in [6.07, 6.45) is 3.68. The number of aryl methyl sites for hydroxylation is 1. The molecule has 0 radical (unpaired) electrons. The van der Waals surface area contributed by atoms with Crippen molar-refractivity contribution in [1.29, 1.82) is 0 Å². The molecule has 0 bridgehead atoms. The van der Waals surface area contributed by atoms with Crippen LogP contribution in [0.2, 0.25) is 5.02 Å². The first-order chi connectivity index (χ1) is 8.67. The molecule has 0 aliphatic carbocycles. The van der Waals surface area contributed by atoms with Gasteiger partial charge < -0.3 is 9.88 Å². The molecule has 96 valence electrons. The van der Waals surface area contributed by atoms with Gasteiger partial charge in [-0.25, -0.2) is 9.37 Å². The van der Waals surface area contributed by atoms with E-state index in [0.717, 1.165) is 17.9 Å². The van der Waals surface area contributed by atoms with Crippen molar-refractivity contribution in [3.8, 4) is 0 Å². The average Bonchev–Trinajstić information content (AvgIpc) is 2.83. The predicted molar refractivity (Wildman–Crippen MR) is 70.2 cm³/mol. The number of nitrogens with zero attached hydrogens (tertiary/aromatic N) is 2. The lowest BCUT2D eigenvalue weighted by Gasteiger charge is -2.17. The first-order valence-electron chi connectivity index (χ1n) is 5.80. The molecular formula is C13H15ClFN3. The van der Waals surface area contributed by atoms with Gasteiger partial charge in [-0.15, -0.1) is 0 Å². The normalized spacial score (nSPS) is 12.7. The Morgan fingerprint density at radius 2 is 2.28 bits per heavy atom. The van der Waals surface area contributed by atoms with E-state index in [1.807, 2.05) is 17.8 Å². The molecule has 0 saturated carbocycles. The fraction of sp³-hybridized carbons (Fsp3) is 0.308.